The summed E-state index contributed by atoms with van der Waals surface area (Å²) < 4.78 is 37.1. The largest absolute Gasteiger partial charge is 0.480 e. The van der Waals surface area contributed by atoms with Gasteiger partial charge in [-0.15, -0.1) is 6.42 Å². The van der Waals surface area contributed by atoms with E-state index in [1.54, 1.807) is 16.8 Å². The topological polar surface area (TPSA) is 76.4 Å². The van der Waals surface area contributed by atoms with Crippen LogP contribution in [0.4, 0.5) is 4.39 Å². The Morgan fingerprint density at radius 1 is 1.48 bits per heavy atom. The van der Waals surface area contributed by atoms with E-state index in [1.807, 2.05) is 0 Å². The molecule has 0 saturated heterocycles. The number of carboxylic acids is 1. The molecule has 1 N–H and O–H groups in total. The molecule has 0 aliphatic heterocycles. The number of aromatic nitrogens is 1. The summed E-state index contributed by atoms with van der Waals surface area (Å²) in [6.07, 6.45) is 7.63. The van der Waals surface area contributed by atoms with Crippen molar-refractivity contribution in [3.63, 3.8) is 0 Å². The number of fused-ring (bicyclic) bond motifs is 1. The zero-order valence-electron chi connectivity index (χ0n) is 12.7. The van der Waals surface area contributed by atoms with E-state index in [2.05, 4.69) is 5.92 Å². The normalized spacial score (nSPS) is 14.3. The molecule has 0 amide bonds. The number of hydrogen-bond acceptors (Lipinski definition) is 3. The number of aliphatic carboxylic acids is 1. The third-order valence-corrected chi connectivity index (χ3v) is 6.13. The van der Waals surface area contributed by atoms with Crippen LogP contribution in [0.5, 0.6) is 0 Å². The van der Waals surface area contributed by atoms with Crippen LogP contribution in [0.1, 0.15) is 18.9 Å². The number of benzene rings is 1. The molecule has 0 radical (unpaired) electrons. The van der Waals surface area contributed by atoms with E-state index in [4.69, 9.17) is 6.42 Å². The molecule has 0 spiro atoms. The Labute approximate surface area is 133 Å². The number of halogens is 1. The summed E-state index contributed by atoms with van der Waals surface area (Å²) in [5, 5.41) is 9.96. The van der Waals surface area contributed by atoms with Crippen molar-refractivity contribution in [2.75, 3.05) is 6.26 Å². The summed E-state index contributed by atoms with van der Waals surface area (Å²) >= 11 is 0. The Hall–Kier alpha value is -2.33. The van der Waals surface area contributed by atoms with Crippen molar-refractivity contribution in [3.05, 3.63) is 35.8 Å². The number of carboxylic acid groups (broad SMARTS) is 1. The summed E-state index contributed by atoms with van der Waals surface area (Å²) in [6.45, 7) is 1.29. The van der Waals surface area contributed by atoms with Gasteiger partial charge >= 0.3 is 5.97 Å². The molecule has 0 aliphatic carbocycles. The van der Waals surface area contributed by atoms with E-state index >= 15 is 0 Å². The van der Waals surface area contributed by atoms with Crippen LogP contribution in [-0.2, 0) is 21.2 Å². The molecule has 0 fully saturated rings. The molecule has 1 atom stereocenters. The monoisotopic (exact) mass is 337 g/mol. The van der Waals surface area contributed by atoms with Crippen molar-refractivity contribution >= 4 is 26.7 Å². The highest BCUT2D eigenvalue weighted by atomic mass is 32.2. The van der Waals surface area contributed by atoms with E-state index in [9.17, 15) is 22.7 Å². The fourth-order valence-corrected chi connectivity index (χ4v) is 3.08. The van der Waals surface area contributed by atoms with Gasteiger partial charge in [-0.25, -0.2) is 12.8 Å². The fraction of sp³-hybridized carbons (Fsp3) is 0.312. The number of carbonyl (C=O) groups is 1. The molecule has 2 aromatic rings. The van der Waals surface area contributed by atoms with E-state index in [-0.39, 0.29) is 18.5 Å². The fourth-order valence-electron chi connectivity index (χ4n) is 2.30. The minimum absolute atomic E-state index is 0.119. The number of aryl methyl sites for hydroxylation is 1. The van der Waals surface area contributed by atoms with Crippen LogP contribution < -0.4 is 0 Å². The smallest absolute Gasteiger partial charge is 0.324 e. The maximum absolute atomic E-state index is 13.8. The number of sulfone groups is 1. The van der Waals surface area contributed by atoms with Gasteiger partial charge in [-0.05, 0) is 31.5 Å². The first-order valence-electron chi connectivity index (χ1n) is 6.78. The Kier molecular flexibility index (Phi) is 4.22. The molecule has 23 heavy (non-hydrogen) atoms. The molecule has 1 aromatic heterocycles. The zero-order valence-corrected chi connectivity index (χ0v) is 13.5. The minimum Gasteiger partial charge on any atom is -0.480 e. The summed E-state index contributed by atoms with van der Waals surface area (Å²) in [5.41, 5.74) is 0.671. The number of hydrogen-bond donors (Lipinski definition) is 1. The van der Waals surface area contributed by atoms with Crippen LogP contribution in [0, 0.1) is 18.2 Å². The van der Waals surface area contributed by atoms with Crippen molar-refractivity contribution in [2.24, 2.45) is 0 Å². The number of rotatable bonds is 5. The predicted octanol–water partition coefficient (Wildman–Crippen LogP) is 2.04. The molecule has 0 saturated carbocycles. The van der Waals surface area contributed by atoms with Crippen molar-refractivity contribution < 1.29 is 22.7 Å². The first-order valence-corrected chi connectivity index (χ1v) is 8.67. The summed E-state index contributed by atoms with van der Waals surface area (Å²) in [4.78, 5) is 11.4. The van der Waals surface area contributed by atoms with Crippen LogP contribution >= 0.6 is 0 Å². The second-order valence-electron chi connectivity index (χ2n) is 5.60. The highest BCUT2D eigenvalue weighted by molar-refractivity contribution is 7.92. The van der Waals surface area contributed by atoms with Crippen molar-refractivity contribution in [1.29, 1.82) is 0 Å². The van der Waals surface area contributed by atoms with Crippen molar-refractivity contribution in [2.45, 2.75) is 24.6 Å². The van der Waals surface area contributed by atoms with Gasteiger partial charge in [0.1, 0.15) is 5.82 Å². The summed E-state index contributed by atoms with van der Waals surface area (Å²) in [5.74, 6) is 0.289. The molecule has 1 heterocycles. The van der Waals surface area contributed by atoms with Gasteiger partial charge in [-0.1, -0.05) is 5.92 Å². The SMILES string of the molecule is C#Cc1cc2ccn(CC[C@](C)(C(=O)O)S(C)(=O)=O)c2cc1F. The van der Waals surface area contributed by atoms with Gasteiger partial charge in [-0.3, -0.25) is 4.79 Å². The maximum Gasteiger partial charge on any atom is 0.324 e. The van der Waals surface area contributed by atoms with Crippen LogP contribution in [0.25, 0.3) is 10.9 Å². The van der Waals surface area contributed by atoms with E-state index in [1.165, 1.54) is 19.1 Å². The number of terminal acetylenes is 1. The van der Waals surface area contributed by atoms with Crippen molar-refractivity contribution in [1.82, 2.24) is 4.57 Å². The second kappa shape index (κ2) is 5.70. The lowest BCUT2D eigenvalue weighted by molar-refractivity contribution is -0.139. The first kappa shape index (κ1) is 17.0. The average molecular weight is 337 g/mol. The molecule has 0 unspecified atom stereocenters. The quantitative estimate of drug-likeness (QED) is 0.847. The standard InChI is InChI=1S/C16H16FNO4S/c1-4-11-9-12-5-7-18(14(12)10-13(11)17)8-6-16(2,15(19)20)23(3,21)22/h1,5,7,9-10H,6,8H2,2-3H3,(H,19,20)/t16-/m1/s1. The lowest BCUT2D eigenvalue weighted by Crippen LogP contribution is -2.43. The zero-order chi connectivity index (χ0) is 17.4. The van der Waals surface area contributed by atoms with Crippen LogP contribution in [0.3, 0.4) is 0 Å². The van der Waals surface area contributed by atoms with Crippen LogP contribution in [0.15, 0.2) is 24.4 Å². The molecule has 7 heteroatoms. The Morgan fingerprint density at radius 2 is 2.13 bits per heavy atom. The molecule has 0 bridgehead atoms. The van der Waals surface area contributed by atoms with Gasteiger partial charge in [0.05, 0.1) is 11.1 Å². The van der Waals surface area contributed by atoms with Crippen LogP contribution in [-0.4, -0.2) is 35.1 Å². The molecule has 5 nitrogen and oxygen atoms in total. The van der Waals surface area contributed by atoms with Crippen LogP contribution in [0.2, 0.25) is 0 Å². The molecule has 2 rings (SSSR count). The number of nitrogens with zero attached hydrogens (tertiary/aromatic N) is 1. The van der Waals surface area contributed by atoms with Gasteiger partial charge in [0, 0.05) is 24.4 Å². The first-order chi connectivity index (χ1) is 10.6. The third kappa shape index (κ3) is 2.94. The molecule has 0 aliphatic rings. The summed E-state index contributed by atoms with van der Waals surface area (Å²) in [6, 6.07) is 4.51. The highest BCUT2D eigenvalue weighted by Gasteiger charge is 2.43. The second-order valence-corrected chi connectivity index (χ2v) is 8.05. The lowest BCUT2D eigenvalue weighted by atomic mass is 10.1. The molecular formula is C16H16FNO4S. The maximum atomic E-state index is 13.8. The lowest BCUT2D eigenvalue weighted by Gasteiger charge is -2.23. The Morgan fingerprint density at radius 3 is 2.65 bits per heavy atom. The summed E-state index contributed by atoms with van der Waals surface area (Å²) in [7, 11) is -3.80. The van der Waals surface area contributed by atoms with E-state index in [0.29, 0.717) is 10.9 Å². The minimum atomic E-state index is -3.80. The Balaban J connectivity index is 2.38. The molecular weight excluding hydrogens is 321 g/mol. The van der Waals surface area contributed by atoms with Gasteiger partial charge in [0.15, 0.2) is 14.6 Å². The van der Waals surface area contributed by atoms with Gasteiger partial charge < -0.3 is 9.67 Å². The van der Waals surface area contributed by atoms with E-state index < -0.39 is 26.4 Å². The van der Waals surface area contributed by atoms with Gasteiger partial charge in [0.2, 0.25) is 0 Å². The molecule has 1 aromatic carbocycles. The third-order valence-electron chi connectivity index (χ3n) is 4.12. The highest BCUT2D eigenvalue weighted by Crippen LogP contribution is 2.25. The van der Waals surface area contributed by atoms with E-state index in [0.717, 1.165) is 6.26 Å². The predicted molar refractivity (Wildman–Crippen MR) is 85.3 cm³/mol. The molecule has 122 valence electrons. The van der Waals surface area contributed by atoms with Crippen molar-refractivity contribution in [3.8, 4) is 12.3 Å². The van der Waals surface area contributed by atoms with Gasteiger partial charge in [0.25, 0.3) is 0 Å². The average Bonchev–Trinajstić information content (AvgIpc) is 2.84. The Bertz CT molecular complexity index is 923. The van der Waals surface area contributed by atoms with Gasteiger partial charge in [-0.2, -0.15) is 0 Å².